The Balaban J connectivity index is 2.14. The van der Waals surface area contributed by atoms with Crippen LogP contribution in [0.15, 0.2) is 9.30 Å². The Hall–Kier alpha value is -0.500. The third-order valence-corrected chi connectivity index (χ3v) is 3.25. The van der Waals surface area contributed by atoms with Crippen LogP contribution in [-0.4, -0.2) is 44.4 Å². The van der Waals surface area contributed by atoms with E-state index in [4.69, 9.17) is 9.47 Å². The molecule has 0 saturated heterocycles. The van der Waals surface area contributed by atoms with Crippen molar-refractivity contribution in [2.45, 2.75) is 0 Å². The molecule has 7 heteroatoms. The number of aromatic nitrogens is 1. The maximum atomic E-state index is 11.5. The van der Waals surface area contributed by atoms with Gasteiger partial charge >= 0.3 is 0 Å². The monoisotopic (exact) mass is 308 g/mol. The summed E-state index contributed by atoms with van der Waals surface area (Å²) in [6, 6.07) is 0. The van der Waals surface area contributed by atoms with E-state index in [1.54, 1.807) is 12.6 Å². The van der Waals surface area contributed by atoms with Crippen LogP contribution >= 0.6 is 27.3 Å². The Labute approximate surface area is 106 Å². The fourth-order valence-corrected chi connectivity index (χ4v) is 1.99. The van der Waals surface area contributed by atoms with E-state index in [2.05, 4.69) is 26.2 Å². The summed E-state index contributed by atoms with van der Waals surface area (Å²) in [4.78, 5) is 15.5. The summed E-state index contributed by atoms with van der Waals surface area (Å²) in [6.07, 6.45) is 0. The molecule has 0 spiro atoms. The average molecular weight is 309 g/mol. The Bertz CT molecular complexity index is 332. The van der Waals surface area contributed by atoms with Crippen LogP contribution in [0.25, 0.3) is 0 Å². The number of thiazole rings is 1. The average Bonchev–Trinajstić information content (AvgIpc) is 2.69. The van der Waals surface area contributed by atoms with Crippen LogP contribution in [0.2, 0.25) is 0 Å². The van der Waals surface area contributed by atoms with Crippen LogP contribution in [0, 0.1) is 0 Å². The van der Waals surface area contributed by atoms with Crippen LogP contribution < -0.4 is 5.32 Å². The van der Waals surface area contributed by atoms with Gasteiger partial charge in [0.2, 0.25) is 0 Å². The minimum Gasteiger partial charge on any atom is -0.382 e. The molecule has 0 bridgehead atoms. The number of carbonyl (C=O) groups is 1. The molecule has 0 aromatic carbocycles. The second-order valence-corrected chi connectivity index (χ2v) is 5.01. The smallest absolute Gasteiger partial charge is 0.272 e. The number of amides is 1. The van der Waals surface area contributed by atoms with E-state index in [0.717, 1.165) is 3.79 Å². The lowest BCUT2D eigenvalue weighted by molar-refractivity contribution is 0.0692. The summed E-state index contributed by atoms with van der Waals surface area (Å²) >= 11 is 4.64. The maximum absolute atomic E-state index is 11.5. The molecular weight excluding hydrogens is 296 g/mol. The molecule has 1 rings (SSSR count). The van der Waals surface area contributed by atoms with E-state index in [9.17, 15) is 4.79 Å². The highest BCUT2D eigenvalue weighted by molar-refractivity contribution is 9.11. The zero-order chi connectivity index (χ0) is 11.8. The van der Waals surface area contributed by atoms with Gasteiger partial charge in [0, 0.05) is 13.7 Å². The lowest BCUT2D eigenvalue weighted by Crippen LogP contribution is -2.28. The quantitative estimate of drug-likeness (QED) is 0.771. The molecule has 0 aliphatic heterocycles. The van der Waals surface area contributed by atoms with E-state index in [1.165, 1.54) is 11.3 Å². The van der Waals surface area contributed by atoms with Crippen molar-refractivity contribution in [3.05, 3.63) is 15.0 Å². The summed E-state index contributed by atoms with van der Waals surface area (Å²) in [7, 11) is 1.62. The molecule has 0 saturated carbocycles. The summed E-state index contributed by atoms with van der Waals surface area (Å²) in [6.45, 7) is 2.03. The molecule has 16 heavy (non-hydrogen) atoms. The number of methoxy groups -OCH3 is 1. The van der Waals surface area contributed by atoms with Crippen molar-refractivity contribution in [2.24, 2.45) is 0 Å². The number of hydrogen-bond acceptors (Lipinski definition) is 5. The molecule has 90 valence electrons. The van der Waals surface area contributed by atoms with Crippen LogP contribution in [0.5, 0.6) is 0 Å². The van der Waals surface area contributed by atoms with Crippen molar-refractivity contribution in [3.8, 4) is 0 Å². The van der Waals surface area contributed by atoms with Gasteiger partial charge in [-0.25, -0.2) is 4.98 Å². The summed E-state index contributed by atoms with van der Waals surface area (Å²) in [5, 5.41) is 2.71. The molecule has 1 aromatic heterocycles. The molecule has 0 radical (unpaired) electrons. The van der Waals surface area contributed by atoms with E-state index >= 15 is 0 Å². The fourth-order valence-electron chi connectivity index (χ4n) is 0.945. The van der Waals surface area contributed by atoms with Gasteiger partial charge in [-0.2, -0.15) is 0 Å². The number of carbonyl (C=O) groups excluding carboxylic acids is 1. The van der Waals surface area contributed by atoms with Crippen molar-refractivity contribution in [1.82, 2.24) is 10.3 Å². The summed E-state index contributed by atoms with van der Waals surface area (Å²) < 4.78 is 10.8. The number of rotatable bonds is 7. The molecule has 1 N–H and O–H groups in total. The first-order valence-corrected chi connectivity index (χ1v) is 6.37. The first-order chi connectivity index (χ1) is 7.75. The molecule has 1 heterocycles. The van der Waals surface area contributed by atoms with Crippen LogP contribution in [-0.2, 0) is 9.47 Å². The first kappa shape index (κ1) is 13.6. The lowest BCUT2D eigenvalue weighted by atomic mass is 10.4. The molecule has 5 nitrogen and oxygen atoms in total. The minimum absolute atomic E-state index is 0.191. The van der Waals surface area contributed by atoms with Crippen molar-refractivity contribution in [3.63, 3.8) is 0 Å². The van der Waals surface area contributed by atoms with E-state index in [-0.39, 0.29) is 5.91 Å². The number of ether oxygens (including phenoxy) is 2. The number of nitrogens with one attached hydrogen (secondary N) is 1. The van der Waals surface area contributed by atoms with Crippen molar-refractivity contribution >= 4 is 33.2 Å². The zero-order valence-corrected chi connectivity index (χ0v) is 11.3. The Morgan fingerprint density at radius 1 is 1.56 bits per heavy atom. The third-order valence-electron chi connectivity index (χ3n) is 1.70. The lowest BCUT2D eigenvalue weighted by Gasteiger charge is -2.04. The van der Waals surface area contributed by atoms with Gasteiger partial charge in [-0.05, 0) is 15.9 Å². The Kier molecular flexibility index (Phi) is 6.55. The largest absolute Gasteiger partial charge is 0.382 e. The molecular formula is C9H13BrN2O3S. The Morgan fingerprint density at radius 3 is 3.00 bits per heavy atom. The van der Waals surface area contributed by atoms with Gasteiger partial charge in [-0.3, -0.25) is 4.79 Å². The third kappa shape index (κ3) is 4.56. The van der Waals surface area contributed by atoms with E-state index in [1.807, 2.05) is 0 Å². The van der Waals surface area contributed by atoms with Gasteiger partial charge in [0.1, 0.15) is 3.79 Å². The second kappa shape index (κ2) is 7.72. The molecule has 0 atom stereocenters. The maximum Gasteiger partial charge on any atom is 0.272 e. The SMILES string of the molecule is COCCOCCNC(=O)c1ncsc1Br. The van der Waals surface area contributed by atoms with Crippen LogP contribution in [0.3, 0.4) is 0 Å². The zero-order valence-electron chi connectivity index (χ0n) is 8.86. The minimum atomic E-state index is -0.191. The second-order valence-electron chi connectivity index (χ2n) is 2.84. The topological polar surface area (TPSA) is 60.5 Å². The van der Waals surface area contributed by atoms with Gasteiger partial charge in [-0.1, -0.05) is 0 Å². The highest BCUT2D eigenvalue weighted by Gasteiger charge is 2.11. The normalized spacial score (nSPS) is 10.4. The molecule has 1 aromatic rings. The molecule has 0 unspecified atom stereocenters. The van der Waals surface area contributed by atoms with Crippen molar-refractivity contribution in [1.29, 1.82) is 0 Å². The first-order valence-electron chi connectivity index (χ1n) is 4.69. The standard InChI is InChI=1S/C9H13BrN2O3S/c1-14-4-5-15-3-2-11-9(13)7-8(10)16-6-12-7/h6H,2-5H2,1H3,(H,11,13). The van der Waals surface area contributed by atoms with Crippen LogP contribution in [0.4, 0.5) is 0 Å². The predicted octanol–water partition coefficient (Wildman–Crippen LogP) is 1.30. The van der Waals surface area contributed by atoms with Crippen LogP contribution in [0.1, 0.15) is 10.5 Å². The van der Waals surface area contributed by atoms with Gasteiger partial charge in [0.15, 0.2) is 5.69 Å². The molecule has 0 aliphatic rings. The number of halogens is 1. The highest BCUT2D eigenvalue weighted by Crippen LogP contribution is 2.19. The highest BCUT2D eigenvalue weighted by atomic mass is 79.9. The van der Waals surface area contributed by atoms with E-state index < -0.39 is 0 Å². The van der Waals surface area contributed by atoms with Crippen molar-refractivity contribution in [2.75, 3.05) is 33.5 Å². The summed E-state index contributed by atoms with van der Waals surface area (Å²) in [5.74, 6) is -0.191. The van der Waals surface area contributed by atoms with Crippen molar-refractivity contribution < 1.29 is 14.3 Å². The fraction of sp³-hybridized carbons (Fsp3) is 0.556. The van der Waals surface area contributed by atoms with Gasteiger partial charge in [0.25, 0.3) is 5.91 Å². The van der Waals surface area contributed by atoms with Gasteiger partial charge < -0.3 is 14.8 Å². The molecule has 0 fully saturated rings. The van der Waals surface area contributed by atoms with Gasteiger partial charge in [-0.15, -0.1) is 11.3 Å². The number of nitrogens with zero attached hydrogens (tertiary/aromatic N) is 1. The molecule has 0 aliphatic carbocycles. The van der Waals surface area contributed by atoms with Gasteiger partial charge in [0.05, 0.1) is 25.3 Å². The number of hydrogen-bond donors (Lipinski definition) is 1. The van der Waals surface area contributed by atoms with E-state index in [0.29, 0.717) is 32.1 Å². The summed E-state index contributed by atoms with van der Waals surface area (Å²) in [5.41, 5.74) is 2.04. The predicted molar refractivity (Wildman–Crippen MR) is 64.8 cm³/mol. The molecule has 1 amide bonds. The Morgan fingerprint density at radius 2 is 2.38 bits per heavy atom.